The van der Waals surface area contributed by atoms with Gasteiger partial charge in [0.2, 0.25) is 0 Å². The first-order chi connectivity index (χ1) is 7.24. The molecular formula is C14H21N. The molecule has 0 amide bonds. The summed E-state index contributed by atoms with van der Waals surface area (Å²) >= 11 is 0. The molecule has 0 aliphatic rings. The van der Waals surface area contributed by atoms with E-state index >= 15 is 0 Å². The van der Waals surface area contributed by atoms with Crippen LogP contribution in [-0.4, -0.2) is 6.54 Å². The summed E-state index contributed by atoms with van der Waals surface area (Å²) in [6.45, 7) is 9.12. The van der Waals surface area contributed by atoms with Crippen LogP contribution >= 0.6 is 0 Å². The lowest BCUT2D eigenvalue weighted by Gasteiger charge is -2.14. The molecular weight excluding hydrogens is 182 g/mol. The lowest BCUT2D eigenvalue weighted by atomic mass is 10.1. The molecule has 1 N–H and O–H groups in total. The Bertz CT molecular complexity index is 304. The maximum Gasteiger partial charge on any atom is 0.0291 e. The molecule has 0 unspecified atom stereocenters. The number of rotatable bonds is 6. The molecule has 1 aromatic carbocycles. The molecule has 1 aromatic rings. The Labute approximate surface area is 93.2 Å². The molecule has 0 spiro atoms. The Hall–Kier alpha value is -1.08. The van der Waals surface area contributed by atoms with Crippen molar-refractivity contribution in [3.8, 4) is 0 Å². The van der Waals surface area contributed by atoms with Gasteiger partial charge in [-0.15, -0.1) is 6.58 Å². The zero-order valence-electron chi connectivity index (χ0n) is 9.79. The minimum Gasteiger partial charge on any atom is -0.310 e. The second kappa shape index (κ2) is 6.41. The first kappa shape index (κ1) is 12.0. The van der Waals surface area contributed by atoms with Crippen molar-refractivity contribution in [1.82, 2.24) is 5.32 Å². The summed E-state index contributed by atoms with van der Waals surface area (Å²) in [6, 6.07) is 9.11. The number of allylic oxidation sites excluding steroid dienone is 1. The summed E-state index contributed by atoms with van der Waals surface area (Å²) in [4.78, 5) is 0. The third kappa shape index (κ3) is 4.30. The van der Waals surface area contributed by atoms with Gasteiger partial charge in [-0.1, -0.05) is 35.9 Å². The van der Waals surface area contributed by atoms with Crippen LogP contribution in [0.3, 0.4) is 0 Å². The van der Waals surface area contributed by atoms with Gasteiger partial charge in [0.1, 0.15) is 0 Å². The van der Waals surface area contributed by atoms with Crippen molar-refractivity contribution in [3.63, 3.8) is 0 Å². The van der Waals surface area contributed by atoms with Crippen molar-refractivity contribution in [3.05, 3.63) is 48.0 Å². The van der Waals surface area contributed by atoms with Crippen molar-refractivity contribution in [2.45, 2.75) is 32.7 Å². The molecule has 1 heteroatoms. The van der Waals surface area contributed by atoms with Gasteiger partial charge in [-0.25, -0.2) is 0 Å². The van der Waals surface area contributed by atoms with Crippen LogP contribution in [0.15, 0.2) is 36.9 Å². The number of hydrogen-bond acceptors (Lipinski definition) is 1. The summed E-state index contributed by atoms with van der Waals surface area (Å²) < 4.78 is 0. The minimum atomic E-state index is 0.440. The number of nitrogens with one attached hydrogen (secondary N) is 1. The molecule has 0 bridgehead atoms. The molecule has 0 saturated heterocycles. The third-order valence-electron chi connectivity index (χ3n) is 2.58. The van der Waals surface area contributed by atoms with E-state index in [0.29, 0.717) is 6.04 Å². The van der Waals surface area contributed by atoms with Crippen LogP contribution in [0.25, 0.3) is 0 Å². The Morgan fingerprint density at radius 2 is 2.27 bits per heavy atom. The van der Waals surface area contributed by atoms with Crippen molar-refractivity contribution < 1.29 is 0 Å². The highest BCUT2D eigenvalue weighted by Crippen LogP contribution is 2.13. The number of unbranched alkanes of at least 4 members (excludes halogenated alkanes) is 1. The molecule has 0 radical (unpaired) electrons. The van der Waals surface area contributed by atoms with Gasteiger partial charge in [0.25, 0.3) is 0 Å². The highest BCUT2D eigenvalue weighted by molar-refractivity contribution is 5.24. The van der Waals surface area contributed by atoms with Crippen molar-refractivity contribution in [2.24, 2.45) is 0 Å². The maximum absolute atomic E-state index is 3.72. The monoisotopic (exact) mass is 203 g/mol. The van der Waals surface area contributed by atoms with E-state index in [1.165, 1.54) is 17.5 Å². The van der Waals surface area contributed by atoms with Crippen molar-refractivity contribution in [1.29, 1.82) is 0 Å². The second-order valence-corrected chi connectivity index (χ2v) is 4.02. The predicted octanol–water partition coefficient (Wildman–Crippen LogP) is 3.61. The van der Waals surface area contributed by atoms with Crippen LogP contribution < -0.4 is 5.32 Å². The van der Waals surface area contributed by atoms with E-state index in [9.17, 15) is 0 Å². The van der Waals surface area contributed by atoms with E-state index < -0.39 is 0 Å². The molecule has 0 aromatic heterocycles. The van der Waals surface area contributed by atoms with E-state index in [1.54, 1.807) is 0 Å². The van der Waals surface area contributed by atoms with E-state index in [4.69, 9.17) is 0 Å². The fourth-order valence-corrected chi connectivity index (χ4v) is 1.62. The molecule has 15 heavy (non-hydrogen) atoms. The summed E-state index contributed by atoms with van der Waals surface area (Å²) in [5, 5.41) is 3.51. The van der Waals surface area contributed by atoms with Gasteiger partial charge in [0, 0.05) is 6.04 Å². The molecule has 0 aliphatic carbocycles. The Kier molecular flexibility index (Phi) is 5.13. The molecule has 0 aliphatic heterocycles. The van der Waals surface area contributed by atoms with Crippen LogP contribution in [0.4, 0.5) is 0 Å². The van der Waals surface area contributed by atoms with Gasteiger partial charge >= 0.3 is 0 Å². The smallest absolute Gasteiger partial charge is 0.0291 e. The quantitative estimate of drug-likeness (QED) is 0.550. The van der Waals surface area contributed by atoms with Gasteiger partial charge in [0.05, 0.1) is 0 Å². The van der Waals surface area contributed by atoms with E-state index in [0.717, 1.165) is 13.0 Å². The van der Waals surface area contributed by atoms with Crippen molar-refractivity contribution >= 4 is 0 Å². The molecule has 1 rings (SSSR count). The molecule has 1 nitrogen and oxygen atoms in total. The summed E-state index contributed by atoms with van der Waals surface area (Å²) in [7, 11) is 0. The van der Waals surface area contributed by atoms with E-state index in [1.807, 2.05) is 6.08 Å². The number of aryl methyl sites for hydroxylation is 1. The lowest BCUT2D eigenvalue weighted by molar-refractivity contribution is 0.561. The fraction of sp³-hybridized carbons (Fsp3) is 0.429. The molecule has 1 atom stereocenters. The van der Waals surface area contributed by atoms with Gasteiger partial charge in [-0.2, -0.15) is 0 Å². The first-order valence-corrected chi connectivity index (χ1v) is 5.65. The lowest BCUT2D eigenvalue weighted by Crippen LogP contribution is -2.19. The normalized spacial score (nSPS) is 12.4. The third-order valence-corrected chi connectivity index (χ3v) is 2.58. The van der Waals surface area contributed by atoms with Gasteiger partial charge in [-0.05, 0) is 38.8 Å². The van der Waals surface area contributed by atoms with Gasteiger partial charge < -0.3 is 5.32 Å². The standard InChI is InChI=1S/C14H21N/c1-4-5-6-10-15-13(3)14-9-7-8-12(2)11-14/h4,7-9,11,13,15H,1,5-6,10H2,2-3H3/t13-/m1/s1. The maximum atomic E-state index is 3.72. The second-order valence-electron chi connectivity index (χ2n) is 4.02. The highest BCUT2D eigenvalue weighted by Gasteiger charge is 2.03. The average molecular weight is 203 g/mol. The van der Waals surface area contributed by atoms with Crippen molar-refractivity contribution in [2.75, 3.05) is 6.54 Å². The Balaban J connectivity index is 2.39. The fourth-order valence-electron chi connectivity index (χ4n) is 1.62. The van der Waals surface area contributed by atoms with Crippen LogP contribution in [0.2, 0.25) is 0 Å². The predicted molar refractivity (Wildman–Crippen MR) is 67.0 cm³/mol. The number of hydrogen-bond donors (Lipinski definition) is 1. The summed E-state index contributed by atoms with van der Waals surface area (Å²) in [6.07, 6.45) is 4.23. The summed E-state index contributed by atoms with van der Waals surface area (Å²) in [5.74, 6) is 0. The van der Waals surface area contributed by atoms with E-state index in [2.05, 4.69) is 50.0 Å². The van der Waals surface area contributed by atoms with Crippen LogP contribution in [0.1, 0.15) is 36.9 Å². The summed E-state index contributed by atoms with van der Waals surface area (Å²) in [5.41, 5.74) is 2.70. The van der Waals surface area contributed by atoms with Gasteiger partial charge in [0.15, 0.2) is 0 Å². The topological polar surface area (TPSA) is 12.0 Å². The Morgan fingerprint density at radius 3 is 2.93 bits per heavy atom. The van der Waals surface area contributed by atoms with Gasteiger partial charge in [-0.3, -0.25) is 0 Å². The largest absolute Gasteiger partial charge is 0.310 e. The highest BCUT2D eigenvalue weighted by atomic mass is 14.9. The zero-order valence-corrected chi connectivity index (χ0v) is 9.79. The SMILES string of the molecule is C=CCCCN[C@H](C)c1cccc(C)c1. The zero-order chi connectivity index (χ0) is 11.1. The number of benzene rings is 1. The van der Waals surface area contributed by atoms with Crippen LogP contribution in [0.5, 0.6) is 0 Å². The molecule has 0 heterocycles. The average Bonchev–Trinajstić information content (AvgIpc) is 2.24. The molecule has 82 valence electrons. The first-order valence-electron chi connectivity index (χ1n) is 5.65. The van der Waals surface area contributed by atoms with E-state index in [-0.39, 0.29) is 0 Å². The van der Waals surface area contributed by atoms with Crippen LogP contribution in [0, 0.1) is 6.92 Å². The molecule has 0 saturated carbocycles. The molecule has 0 fully saturated rings. The van der Waals surface area contributed by atoms with Crippen LogP contribution in [-0.2, 0) is 0 Å². The minimum absolute atomic E-state index is 0.440. The Morgan fingerprint density at radius 1 is 1.47 bits per heavy atom.